The third-order valence-electron chi connectivity index (χ3n) is 8.62. The van der Waals surface area contributed by atoms with Gasteiger partial charge in [0.1, 0.15) is 17.4 Å². The molecule has 33 heavy (non-hydrogen) atoms. The Morgan fingerprint density at radius 1 is 1.12 bits per heavy atom. The second kappa shape index (κ2) is 9.73. The molecule has 1 aromatic carbocycles. The van der Waals surface area contributed by atoms with Gasteiger partial charge in [-0.15, -0.1) is 0 Å². The maximum atomic E-state index is 14.4. The average Bonchev–Trinajstić information content (AvgIpc) is 3.37. The zero-order chi connectivity index (χ0) is 23.8. The van der Waals surface area contributed by atoms with Gasteiger partial charge in [0.15, 0.2) is 0 Å². The van der Waals surface area contributed by atoms with Crippen molar-refractivity contribution >= 4 is 11.5 Å². The van der Waals surface area contributed by atoms with Gasteiger partial charge >= 0.3 is 0 Å². The Morgan fingerprint density at radius 3 is 2.33 bits per heavy atom. The van der Waals surface area contributed by atoms with Gasteiger partial charge in [0.05, 0.1) is 11.3 Å². The third-order valence-corrected chi connectivity index (χ3v) is 8.62. The van der Waals surface area contributed by atoms with E-state index in [4.69, 9.17) is 0 Å². The van der Waals surface area contributed by atoms with Crippen LogP contribution in [0.25, 0.3) is 5.70 Å². The fraction of sp³-hybridized carbons (Fsp3) is 0.667. The monoisotopic (exact) mass is 457 g/mol. The van der Waals surface area contributed by atoms with E-state index in [1.54, 1.807) is 0 Å². The van der Waals surface area contributed by atoms with Crippen LogP contribution in [0.15, 0.2) is 34.5 Å². The summed E-state index contributed by atoms with van der Waals surface area (Å²) in [5.41, 5.74) is -0.211. The Labute approximate surface area is 196 Å². The highest BCUT2D eigenvalue weighted by atomic mass is 19.1. The summed E-state index contributed by atoms with van der Waals surface area (Å²) in [7, 11) is 1.50. The smallest absolute Gasteiger partial charge is 0.142 e. The second-order valence-corrected chi connectivity index (χ2v) is 10.8. The Hall–Kier alpha value is -1.95. The molecule has 2 aliphatic heterocycles. The number of piperidine rings is 1. The van der Waals surface area contributed by atoms with Crippen LogP contribution >= 0.6 is 0 Å². The highest BCUT2D eigenvalue weighted by molar-refractivity contribution is 5.88. The van der Waals surface area contributed by atoms with Gasteiger partial charge in [-0.1, -0.05) is 32.9 Å². The summed E-state index contributed by atoms with van der Waals surface area (Å²) in [5, 5.41) is 11.5. The minimum Gasteiger partial charge on any atom is -0.311 e. The van der Waals surface area contributed by atoms with Gasteiger partial charge in [0.2, 0.25) is 0 Å². The Kier molecular flexibility index (Phi) is 7.13. The molecule has 0 amide bonds. The molecule has 2 saturated heterocycles. The minimum absolute atomic E-state index is 0.0298. The number of hydrogen-bond donors (Lipinski definition) is 1. The largest absolute Gasteiger partial charge is 0.311 e. The first-order chi connectivity index (χ1) is 15.7. The van der Waals surface area contributed by atoms with E-state index in [1.165, 1.54) is 38.1 Å². The average molecular weight is 458 g/mol. The normalized spacial score (nSPS) is 33.2. The van der Waals surface area contributed by atoms with Crippen molar-refractivity contribution in [3.8, 4) is 0 Å². The van der Waals surface area contributed by atoms with Crippen molar-refractivity contribution in [2.45, 2.75) is 77.8 Å². The standard InChI is InChI=1S/C27H37F2N3O/c1-16(2)27(26(33)19-13-20-8-9-21(14-19)31-20)11-10-18(15-27)17(3)12-24(32-30-4)25-22(28)6-5-7-23(25)29/h5-7,12,16-21,31H,8-11,13-15H2,1-4H3/b24-12-,32-30-/t17?,18-,19?,20?,21?,27+/m0/s1. The molecule has 1 saturated carbocycles. The molecule has 4 rings (SSSR count). The van der Waals surface area contributed by atoms with Gasteiger partial charge < -0.3 is 5.32 Å². The lowest BCUT2D eigenvalue weighted by Crippen LogP contribution is -2.46. The summed E-state index contributed by atoms with van der Waals surface area (Å²) in [4.78, 5) is 13.9. The van der Waals surface area contributed by atoms with Crippen molar-refractivity contribution in [1.82, 2.24) is 5.32 Å². The molecular weight excluding hydrogens is 420 g/mol. The van der Waals surface area contributed by atoms with Crippen LogP contribution in [0.4, 0.5) is 8.78 Å². The number of allylic oxidation sites excluding steroid dienone is 1. The summed E-state index contributed by atoms with van der Waals surface area (Å²) >= 11 is 0. The van der Waals surface area contributed by atoms with Crippen molar-refractivity contribution in [3.63, 3.8) is 0 Å². The van der Waals surface area contributed by atoms with Crippen LogP contribution in [-0.4, -0.2) is 24.9 Å². The van der Waals surface area contributed by atoms with Crippen molar-refractivity contribution < 1.29 is 13.6 Å². The Balaban J connectivity index is 1.55. The SMILES string of the molecule is C/N=N\C(=C/C(C)[C@H]1CC[C@](C(=O)C2CC3CCC(C2)N3)(C(C)C)C1)c1c(F)cccc1F. The van der Waals surface area contributed by atoms with Crippen LogP contribution in [0.1, 0.15) is 71.3 Å². The van der Waals surface area contributed by atoms with E-state index < -0.39 is 11.6 Å². The molecule has 180 valence electrons. The molecule has 0 radical (unpaired) electrons. The molecule has 4 nitrogen and oxygen atoms in total. The molecule has 3 aliphatic rings. The number of benzene rings is 1. The second-order valence-electron chi connectivity index (χ2n) is 10.8. The molecular formula is C27H37F2N3O. The Bertz CT molecular complexity index is 911. The number of hydrogen-bond acceptors (Lipinski definition) is 4. The van der Waals surface area contributed by atoms with Gasteiger partial charge in [-0.2, -0.15) is 10.2 Å². The number of carbonyl (C=O) groups is 1. The predicted octanol–water partition coefficient (Wildman–Crippen LogP) is 6.57. The summed E-state index contributed by atoms with van der Waals surface area (Å²) in [6.07, 6.45) is 8.82. The number of fused-ring (bicyclic) bond motifs is 2. The lowest BCUT2D eigenvalue weighted by atomic mass is 9.66. The van der Waals surface area contributed by atoms with Gasteiger partial charge in [-0.05, 0) is 74.8 Å². The van der Waals surface area contributed by atoms with Gasteiger partial charge in [0, 0.05) is 30.5 Å². The fourth-order valence-corrected chi connectivity index (χ4v) is 6.68. The number of halogens is 2. The zero-order valence-corrected chi connectivity index (χ0v) is 20.3. The van der Waals surface area contributed by atoms with Crippen LogP contribution in [0.3, 0.4) is 0 Å². The van der Waals surface area contributed by atoms with E-state index in [-0.39, 0.29) is 40.3 Å². The third kappa shape index (κ3) is 4.68. The van der Waals surface area contributed by atoms with Crippen molar-refractivity contribution in [2.75, 3.05) is 7.05 Å². The number of Topliss-reactive ketones (excluding diaryl/α,β-unsaturated/α-hetero) is 1. The predicted molar refractivity (Wildman–Crippen MR) is 127 cm³/mol. The summed E-state index contributed by atoms with van der Waals surface area (Å²) in [5.74, 6) is -0.0821. The van der Waals surface area contributed by atoms with E-state index in [1.807, 2.05) is 6.08 Å². The summed E-state index contributed by atoms with van der Waals surface area (Å²) in [6.45, 7) is 6.43. The van der Waals surface area contributed by atoms with Crippen LogP contribution in [0.5, 0.6) is 0 Å². The van der Waals surface area contributed by atoms with Crippen LogP contribution in [-0.2, 0) is 4.79 Å². The number of nitrogens with zero attached hydrogens (tertiary/aromatic N) is 2. The minimum atomic E-state index is -0.639. The van der Waals surface area contributed by atoms with Crippen LogP contribution in [0.2, 0.25) is 0 Å². The molecule has 3 fully saturated rings. The van der Waals surface area contributed by atoms with Gasteiger partial charge in [-0.3, -0.25) is 4.79 Å². The fourth-order valence-electron chi connectivity index (χ4n) is 6.68. The summed E-state index contributed by atoms with van der Waals surface area (Å²) < 4.78 is 28.9. The van der Waals surface area contributed by atoms with E-state index in [0.29, 0.717) is 17.9 Å². The van der Waals surface area contributed by atoms with Crippen molar-refractivity contribution in [3.05, 3.63) is 41.5 Å². The Morgan fingerprint density at radius 2 is 1.76 bits per heavy atom. The van der Waals surface area contributed by atoms with E-state index in [0.717, 1.165) is 32.1 Å². The summed E-state index contributed by atoms with van der Waals surface area (Å²) in [6, 6.07) is 4.83. The molecule has 6 heteroatoms. The van der Waals surface area contributed by atoms with Crippen molar-refractivity contribution in [1.29, 1.82) is 0 Å². The zero-order valence-electron chi connectivity index (χ0n) is 20.3. The van der Waals surface area contributed by atoms with Gasteiger partial charge in [-0.25, -0.2) is 8.78 Å². The quantitative estimate of drug-likeness (QED) is 0.471. The first-order valence-corrected chi connectivity index (χ1v) is 12.5. The van der Waals surface area contributed by atoms with Gasteiger partial charge in [0.25, 0.3) is 0 Å². The lowest BCUT2D eigenvalue weighted by molar-refractivity contribution is -0.136. The molecule has 1 aromatic rings. The van der Waals surface area contributed by atoms with Crippen molar-refractivity contribution in [2.24, 2.45) is 39.3 Å². The number of rotatable bonds is 7. The molecule has 2 bridgehead atoms. The maximum Gasteiger partial charge on any atom is 0.142 e. The number of ketones is 1. The van der Waals surface area contributed by atoms with E-state index in [2.05, 4.69) is 36.3 Å². The molecule has 5 atom stereocenters. The molecule has 2 heterocycles. The lowest BCUT2D eigenvalue weighted by Gasteiger charge is -2.39. The first kappa shape index (κ1) is 24.2. The first-order valence-electron chi connectivity index (χ1n) is 12.5. The molecule has 0 spiro atoms. The highest BCUT2D eigenvalue weighted by Crippen LogP contribution is 2.53. The van der Waals surface area contributed by atoms with E-state index in [9.17, 15) is 13.6 Å². The number of azo groups is 1. The molecule has 1 aliphatic carbocycles. The van der Waals surface area contributed by atoms with Crippen LogP contribution < -0.4 is 5.32 Å². The topological polar surface area (TPSA) is 53.8 Å². The number of nitrogens with one attached hydrogen (secondary N) is 1. The highest BCUT2D eigenvalue weighted by Gasteiger charge is 2.51. The molecule has 1 N–H and O–H groups in total. The maximum absolute atomic E-state index is 14.4. The molecule has 0 aromatic heterocycles. The molecule has 3 unspecified atom stereocenters. The number of carbonyl (C=O) groups excluding carboxylic acids is 1. The van der Waals surface area contributed by atoms with E-state index >= 15 is 0 Å². The van der Waals surface area contributed by atoms with Crippen LogP contribution in [0, 0.1) is 40.7 Å².